The van der Waals surface area contributed by atoms with Gasteiger partial charge in [0, 0.05) is 11.6 Å². The Morgan fingerprint density at radius 2 is 1.53 bits per heavy atom. The molecule has 0 aliphatic heterocycles. The number of rotatable bonds is 1. The van der Waals surface area contributed by atoms with Gasteiger partial charge in [-0.15, -0.1) is 0 Å². The van der Waals surface area contributed by atoms with Gasteiger partial charge in [0.25, 0.3) is 0 Å². The molecule has 0 aliphatic carbocycles. The van der Waals surface area contributed by atoms with E-state index in [0.717, 1.165) is 16.3 Å². The normalized spacial score (nSPS) is 11.9. The molecule has 0 aliphatic rings. The summed E-state index contributed by atoms with van der Waals surface area (Å²) in [6.07, 6.45) is 1.24. The van der Waals surface area contributed by atoms with E-state index in [-0.39, 0.29) is 0 Å². The van der Waals surface area contributed by atoms with E-state index in [1.54, 1.807) is 6.07 Å². The van der Waals surface area contributed by atoms with Gasteiger partial charge in [0.15, 0.2) is 9.84 Å². The fourth-order valence-electron chi connectivity index (χ4n) is 1.75. The maximum Gasteiger partial charge on any atom is 0.176 e. The minimum atomic E-state index is -3.15. The molecule has 2 aromatic carbocycles. The molecule has 15 heavy (non-hydrogen) atoms. The second-order valence-electron chi connectivity index (χ2n) is 3.70. The van der Waals surface area contributed by atoms with E-state index in [9.17, 15) is 8.42 Å². The lowest BCUT2D eigenvalue weighted by atomic mass is 10.1. The predicted octanol–water partition coefficient (Wildman–Crippen LogP) is 2.55. The SMILES string of the molecule is Cc1ccc(S(C)(=O)=O)c2ccccc12. The number of sulfone groups is 1. The summed E-state index contributed by atoms with van der Waals surface area (Å²) in [5, 5.41) is 1.81. The van der Waals surface area contributed by atoms with Gasteiger partial charge in [-0.25, -0.2) is 8.42 Å². The molecule has 0 N–H and O–H groups in total. The van der Waals surface area contributed by atoms with E-state index < -0.39 is 9.84 Å². The summed E-state index contributed by atoms with van der Waals surface area (Å²) in [4.78, 5) is 0.406. The first kappa shape index (κ1) is 10.2. The minimum absolute atomic E-state index is 0.406. The highest BCUT2D eigenvalue weighted by molar-refractivity contribution is 7.91. The van der Waals surface area contributed by atoms with Gasteiger partial charge in [0.1, 0.15) is 0 Å². The lowest BCUT2D eigenvalue weighted by Gasteiger charge is -2.06. The molecule has 2 nitrogen and oxygen atoms in total. The van der Waals surface area contributed by atoms with Crippen LogP contribution in [0.15, 0.2) is 41.3 Å². The van der Waals surface area contributed by atoms with Gasteiger partial charge in [-0.05, 0) is 23.9 Å². The maximum atomic E-state index is 11.6. The van der Waals surface area contributed by atoms with Crippen LogP contribution >= 0.6 is 0 Å². The van der Waals surface area contributed by atoms with Crippen LogP contribution in [0.1, 0.15) is 5.56 Å². The second kappa shape index (κ2) is 3.35. The fourth-order valence-corrected chi connectivity index (χ4v) is 2.64. The van der Waals surface area contributed by atoms with Crippen molar-refractivity contribution < 1.29 is 8.42 Å². The zero-order valence-electron chi connectivity index (χ0n) is 8.69. The van der Waals surface area contributed by atoms with Crippen LogP contribution in [0, 0.1) is 6.92 Å². The first-order valence-electron chi connectivity index (χ1n) is 4.68. The number of aryl methyl sites for hydroxylation is 1. The summed E-state index contributed by atoms with van der Waals surface area (Å²) in [5.41, 5.74) is 1.10. The molecule has 0 aromatic heterocycles. The Balaban J connectivity index is 2.96. The van der Waals surface area contributed by atoms with E-state index in [1.165, 1.54) is 6.26 Å². The van der Waals surface area contributed by atoms with Crippen LogP contribution in [-0.4, -0.2) is 14.7 Å². The number of fused-ring (bicyclic) bond motifs is 1. The van der Waals surface area contributed by atoms with Crippen LogP contribution in [0.25, 0.3) is 10.8 Å². The van der Waals surface area contributed by atoms with Crippen LogP contribution in [0.4, 0.5) is 0 Å². The average Bonchev–Trinajstić information content (AvgIpc) is 2.17. The fraction of sp³-hybridized carbons (Fsp3) is 0.167. The summed E-state index contributed by atoms with van der Waals surface area (Å²) < 4.78 is 23.1. The van der Waals surface area contributed by atoms with Crippen molar-refractivity contribution in [1.82, 2.24) is 0 Å². The van der Waals surface area contributed by atoms with Gasteiger partial charge in [-0.1, -0.05) is 30.3 Å². The predicted molar refractivity (Wildman–Crippen MR) is 61.8 cm³/mol. The van der Waals surface area contributed by atoms with Crippen molar-refractivity contribution >= 4 is 20.6 Å². The van der Waals surface area contributed by atoms with Crippen molar-refractivity contribution in [3.8, 4) is 0 Å². The lowest BCUT2D eigenvalue weighted by Crippen LogP contribution is -1.98. The van der Waals surface area contributed by atoms with Gasteiger partial charge in [0.2, 0.25) is 0 Å². The second-order valence-corrected chi connectivity index (χ2v) is 5.68. The summed E-state index contributed by atoms with van der Waals surface area (Å²) in [5.74, 6) is 0. The quantitative estimate of drug-likeness (QED) is 0.740. The zero-order chi connectivity index (χ0) is 11.1. The molecular weight excluding hydrogens is 208 g/mol. The summed E-state index contributed by atoms with van der Waals surface area (Å²) in [6, 6.07) is 11.1. The third-order valence-corrected chi connectivity index (χ3v) is 3.66. The minimum Gasteiger partial charge on any atom is -0.224 e. The van der Waals surface area contributed by atoms with Crippen LogP contribution in [0.3, 0.4) is 0 Å². The van der Waals surface area contributed by atoms with E-state index in [2.05, 4.69) is 0 Å². The molecule has 3 heteroatoms. The van der Waals surface area contributed by atoms with Crippen LogP contribution in [0.2, 0.25) is 0 Å². The van der Waals surface area contributed by atoms with Gasteiger partial charge >= 0.3 is 0 Å². The molecule has 0 bridgehead atoms. The first-order valence-corrected chi connectivity index (χ1v) is 6.58. The van der Waals surface area contributed by atoms with Crippen molar-refractivity contribution in [3.63, 3.8) is 0 Å². The van der Waals surface area contributed by atoms with Gasteiger partial charge in [-0.2, -0.15) is 0 Å². The smallest absolute Gasteiger partial charge is 0.176 e. The Morgan fingerprint density at radius 3 is 2.13 bits per heavy atom. The largest absolute Gasteiger partial charge is 0.224 e. The lowest BCUT2D eigenvalue weighted by molar-refractivity contribution is 0.602. The Hall–Kier alpha value is -1.35. The van der Waals surface area contributed by atoms with Gasteiger partial charge < -0.3 is 0 Å². The Labute approximate surface area is 89.5 Å². The first-order chi connectivity index (χ1) is 7.00. The molecule has 0 saturated heterocycles. The van der Waals surface area contributed by atoms with Gasteiger partial charge in [-0.3, -0.25) is 0 Å². The van der Waals surface area contributed by atoms with Crippen LogP contribution < -0.4 is 0 Å². The van der Waals surface area contributed by atoms with Crippen molar-refractivity contribution in [2.75, 3.05) is 6.26 Å². The molecule has 0 spiro atoms. The standard InChI is InChI=1S/C12H12O2S/c1-9-7-8-12(15(2,13)14)11-6-4-3-5-10(9)11/h3-8H,1-2H3. The van der Waals surface area contributed by atoms with Crippen LogP contribution in [-0.2, 0) is 9.84 Å². The summed E-state index contributed by atoms with van der Waals surface area (Å²) in [6.45, 7) is 1.98. The van der Waals surface area contributed by atoms with Crippen molar-refractivity contribution in [3.05, 3.63) is 42.0 Å². The molecule has 0 radical (unpaired) electrons. The molecule has 2 rings (SSSR count). The molecule has 78 valence electrons. The molecular formula is C12H12O2S. The third kappa shape index (κ3) is 1.75. The highest BCUT2D eigenvalue weighted by atomic mass is 32.2. The van der Waals surface area contributed by atoms with Crippen molar-refractivity contribution in [2.24, 2.45) is 0 Å². The topological polar surface area (TPSA) is 34.1 Å². The molecule has 2 aromatic rings. The van der Waals surface area contributed by atoms with E-state index >= 15 is 0 Å². The Kier molecular flexibility index (Phi) is 2.27. The van der Waals surface area contributed by atoms with Crippen molar-refractivity contribution in [2.45, 2.75) is 11.8 Å². The Morgan fingerprint density at radius 1 is 0.933 bits per heavy atom. The van der Waals surface area contributed by atoms with Gasteiger partial charge in [0.05, 0.1) is 4.90 Å². The molecule has 0 atom stereocenters. The molecule has 0 saturated carbocycles. The number of hydrogen-bond donors (Lipinski definition) is 0. The molecule has 0 fully saturated rings. The average molecular weight is 220 g/mol. The molecule has 0 heterocycles. The van der Waals surface area contributed by atoms with E-state index in [1.807, 2.05) is 37.3 Å². The number of hydrogen-bond acceptors (Lipinski definition) is 2. The highest BCUT2D eigenvalue weighted by Gasteiger charge is 2.11. The third-order valence-electron chi connectivity index (χ3n) is 2.50. The molecule has 0 amide bonds. The molecule has 0 unspecified atom stereocenters. The highest BCUT2D eigenvalue weighted by Crippen LogP contribution is 2.25. The van der Waals surface area contributed by atoms with E-state index in [4.69, 9.17) is 0 Å². The summed E-state index contributed by atoms with van der Waals surface area (Å²) in [7, 11) is -3.15. The van der Waals surface area contributed by atoms with Crippen LogP contribution in [0.5, 0.6) is 0 Å². The maximum absolute atomic E-state index is 11.6. The Bertz CT molecular complexity index is 613. The monoisotopic (exact) mass is 220 g/mol. The summed E-state index contributed by atoms with van der Waals surface area (Å²) >= 11 is 0. The van der Waals surface area contributed by atoms with Crippen molar-refractivity contribution in [1.29, 1.82) is 0 Å². The number of benzene rings is 2. The van der Waals surface area contributed by atoms with E-state index in [0.29, 0.717) is 4.90 Å². The zero-order valence-corrected chi connectivity index (χ0v) is 9.51.